The Bertz CT molecular complexity index is 825. The Morgan fingerprint density at radius 3 is 2.70 bits per heavy atom. The first-order valence-corrected chi connectivity index (χ1v) is 10.4. The van der Waals surface area contributed by atoms with Crippen LogP contribution < -0.4 is 14.9 Å². The van der Waals surface area contributed by atoms with Crippen LogP contribution >= 0.6 is 0 Å². The molecule has 1 amide bonds. The van der Waals surface area contributed by atoms with E-state index in [2.05, 4.69) is 34.6 Å². The third kappa shape index (κ3) is 4.59. The lowest BCUT2D eigenvalue weighted by molar-refractivity contribution is -0.137. The van der Waals surface area contributed by atoms with Crippen molar-refractivity contribution in [2.75, 3.05) is 27.8 Å². The molecule has 2 unspecified atom stereocenters. The molecule has 1 saturated heterocycles. The number of hydrogen-bond donors (Lipinski definition) is 2. The number of fused-ring (bicyclic) bond motifs is 1. The number of carbonyl (C=O) groups excluding carboxylic acids is 1. The largest absolute Gasteiger partial charge is 0.493 e. The summed E-state index contributed by atoms with van der Waals surface area (Å²) in [5, 5.41) is 13.0. The number of aliphatic carboxylic acids is 1. The van der Waals surface area contributed by atoms with Gasteiger partial charge in [-0.05, 0) is 57.0 Å². The first-order chi connectivity index (χ1) is 14.4. The molecule has 0 aromatic heterocycles. The van der Waals surface area contributed by atoms with Crippen molar-refractivity contribution >= 4 is 17.6 Å². The van der Waals surface area contributed by atoms with Crippen LogP contribution in [0, 0.1) is 0 Å². The summed E-state index contributed by atoms with van der Waals surface area (Å²) >= 11 is 0. The average Bonchev–Trinajstić information content (AvgIpc) is 3.08. The average molecular weight is 418 g/mol. The van der Waals surface area contributed by atoms with E-state index in [-0.39, 0.29) is 24.2 Å². The lowest BCUT2D eigenvalue weighted by Crippen LogP contribution is -2.46. The van der Waals surface area contributed by atoms with Crippen LogP contribution in [0.3, 0.4) is 0 Å². The van der Waals surface area contributed by atoms with Crippen molar-refractivity contribution in [1.29, 1.82) is 0 Å². The van der Waals surface area contributed by atoms with Gasteiger partial charge < -0.3 is 19.5 Å². The highest BCUT2D eigenvalue weighted by Crippen LogP contribution is 2.49. The fourth-order valence-electron chi connectivity index (χ4n) is 4.78. The maximum atomic E-state index is 11.9. The Balaban J connectivity index is 1.71. The number of likely N-dealkylation sites (tertiary alicyclic amines) is 1. The standard InChI is InChI=1S/C22H31N3O5/c1-25-12-11-22(15-7-8-17(29-2)18(13-15)30-3)10-9-16(14-19(22)25)23-24-20(26)5-4-6-21(27)28/h7-8,13,19H,4-6,9-12,14H2,1-3H3,(H,24,26)(H,27,28)/b23-16-. The van der Waals surface area contributed by atoms with Crippen LogP contribution in [0.2, 0.25) is 0 Å². The topological polar surface area (TPSA) is 100 Å². The van der Waals surface area contributed by atoms with E-state index in [4.69, 9.17) is 14.6 Å². The summed E-state index contributed by atoms with van der Waals surface area (Å²) in [5.74, 6) is 0.340. The van der Waals surface area contributed by atoms with Gasteiger partial charge in [-0.1, -0.05) is 6.07 Å². The molecule has 164 valence electrons. The number of carboxylic acid groups (broad SMARTS) is 1. The van der Waals surface area contributed by atoms with Crippen molar-refractivity contribution in [1.82, 2.24) is 10.3 Å². The molecular weight excluding hydrogens is 386 g/mol. The fraction of sp³-hybridized carbons (Fsp3) is 0.591. The predicted octanol–water partition coefficient (Wildman–Crippen LogP) is 2.56. The monoisotopic (exact) mass is 417 g/mol. The summed E-state index contributed by atoms with van der Waals surface area (Å²) in [6.45, 7) is 1.01. The van der Waals surface area contributed by atoms with E-state index in [1.807, 2.05) is 6.07 Å². The third-order valence-corrected chi connectivity index (χ3v) is 6.46. The molecule has 2 fully saturated rings. The Labute approximate surface area is 177 Å². The van der Waals surface area contributed by atoms with Gasteiger partial charge in [-0.25, -0.2) is 5.43 Å². The Kier molecular flexibility index (Phi) is 6.97. The second-order valence-corrected chi connectivity index (χ2v) is 8.14. The number of benzene rings is 1. The van der Waals surface area contributed by atoms with E-state index in [0.717, 1.165) is 49.4 Å². The van der Waals surface area contributed by atoms with E-state index >= 15 is 0 Å². The first-order valence-electron chi connectivity index (χ1n) is 10.4. The van der Waals surface area contributed by atoms with Gasteiger partial charge in [0.15, 0.2) is 11.5 Å². The van der Waals surface area contributed by atoms with Crippen molar-refractivity contribution in [2.24, 2.45) is 5.10 Å². The van der Waals surface area contributed by atoms with Crippen molar-refractivity contribution in [3.05, 3.63) is 23.8 Å². The van der Waals surface area contributed by atoms with Crippen LogP contribution in [0.25, 0.3) is 0 Å². The highest BCUT2D eigenvalue weighted by Gasteiger charge is 2.49. The van der Waals surface area contributed by atoms with Crippen LogP contribution in [0.5, 0.6) is 11.5 Å². The van der Waals surface area contributed by atoms with Gasteiger partial charge in [0.1, 0.15) is 0 Å². The fourth-order valence-corrected chi connectivity index (χ4v) is 4.78. The predicted molar refractivity (Wildman–Crippen MR) is 113 cm³/mol. The Hall–Kier alpha value is -2.61. The number of amides is 1. The van der Waals surface area contributed by atoms with Gasteiger partial charge in [0.25, 0.3) is 0 Å². The molecular formula is C22H31N3O5. The minimum Gasteiger partial charge on any atom is -0.493 e. The third-order valence-electron chi connectivity index (χ3n) is 6.46. The molecule has 2 atom stereocenters. The SMILES string of the molecule is COc1ccc(C23CC/C(=N/NC(=O)CCCC(=O)O)CC2N(C)CC3)cc1OC. The number of carboxylic acids is 1. The Morgan fingerprint density at radius 2 is 2.00 bits per heavy atom. The zero-order valence-electron chi connectivity index (χ0n) is 17.9. The summed E-state index contributed by atoms with van der Waals surface area (Å²) in [6, 6.07) is 6.50. The van der Waals surface area contributed by atoms with Gasteiger partial charge >= 0.3 is 5.97 Å². The van der Waals surface area contributed by atoms with Crippen molar-refractivity contribution in [3.63, 3.8) is 0 Å². The zero-order valence-corrected chi connectivity index (χ0v) is 17.9. The van der Waals surface area contributed by atoms with E-state index in [1.54, 1.807) is 14.2 Å². The van der Waals surface area contributed by atoms with Gasteiger partial charge in [0.05, 0.1) is 14.2 Å². The van der Waals surface area contributed by atoms with Crippen LogP contribution in [-0.2, 0) is 15.0 Å². The second kappa shape index (κ2) is 9.47. The molecule has 1 saturated carbocycles. The van der Waals surface area contributed by atoms with Gasteiger partial charge in [0.2, 0.25) is 5.91 Å². The number of ether oxygens (including phenoxy) is 2. The van der Waals surface area contributed by atoms with Gasteiger partial charge in [0, 0.05) is 36.4 Å². The molecule has 0 spiro atoms. The van der Waals surface area contributed by atoms with Crippen molar-refractivity contribution in [2.45, 2.75) is 56.4 Å². The van der Waals surface area contributed by atoms with E-state index in [0.29, 0.717) is 12.5 Å². The Morgan fingerprint density at radius 1 is 1.23 bits per heavy atom. The summed E-state index contributed by atoms with van der Waals surface area (Å²) in [6.07, 6.45) is 4.10. The minimum absolute atomic E-state index is 0.00922. The summed E-state index contributed by atoms with van der Waals surface area (Å²) in [4.78, 5) is 24.9. The smallest absolute Gasteiger partial charge is 0.303 e. The zero-order chi connectivity index (χ0) is 21.7. The maximum Gasteiger partial charge on any atom is 0.303 e. The first kappa shape index (κ1) is 22.1. The molecule has 1 aliphatic heterocycles. The molecule has 0 bridgehead atoms. The number of nitrogens with zero attached hydrogens (tertiary/aromatic N) is 2. The van der Waals surface area contributed by atoms with Crippen LogP contribution in [0.1, 0.15) is 50.5 Å². The number of methoxy groups -OCH3 is 2. The van der Waals surface area contributed by atoms with E-state index in [1.165, 1.54) is 5.56 Å². The molecule has 1 aromatic carbocycles. The molecule has 8 heteroatoms. The molecule has 2 N–H and O–H groups in total. The van der Waals surface area contributed by atoms with Gasteiger partial charge in [-0.15, -0.1) is 0 Å². The molecule has 0 radical (unpaired) electrons. The summed E-state index contributed by atoms with van der Waals surface area (Å²) in [7, 11) is 5.43. The number of hydrogen-bond acceptors (Lipinski definition) is 6. The van der Waals surface area contributed by atoms with Gasteiger partial charge in [-0.2, -0.15) is 5.10 Å². The van der Waals surface area contributed by atoms with Crippen molar-refractivity contribution < 1.29 is 24.2 Å². The second-order valence-electron chi connectivity index (χ2n) is 8.14. The number of rotatable bonds is 8. The minimum atomic E-state index is -0.892. The molecule has 1 heterocycles. The number of likely N-dealkylation sites (N-methyl/N-ethyl adjacent to an activating group) is 1. The molecule has 8 nitrogen and oxygen atoms in total. The van der Waals surface area contributed by atoms with E-state index in [9.17, 15) is 9.59 Å². The molecule has 1 aromatic rings. The molecule has 2 aliphatic rings. The number of carbonyl (C=O) groups is 2. The molecule has 1 aliphatic carbocycles. The van der Waals surface area contributed by atoms with Crippen LogP contribution in [-0.4, -0.2) is 61.4 Å². The number of hydrazone groups is 1. The normalized spacial score (nSPS) is 25.0. The summed E-state index contributed by atoms with van der Waals surface area (Å²) in [5.41, 5.74) is 4.87. The lowest BCUT2D eigenvalue weighted by Gasteiger charge is -2.42. The molecule has 3 rings (SSSR count). The van der Waals surface area contributed by atoms with E-state index < -0.39 is 5.97 Å². The quantitative estimate of drug-likeness (QED) is 0.631. The summed E-state index contributed by atoms with van der Waals surface area (Å²) < 4.78 is 10.9. The van der Waals surface area contributed by atoms with Crippen LogP contribution in [0.4, 0.5) is 0 Å². The van der Waals surface area contributed by atoms with Gasteiger partial charge in [-0.3, -0.25) is 9.59 Å². The highest BCUT2D eigenvalue weighted by molar-refractivity contribution is 5.88. The highest BCUT2D eigenvalue weighted by atomic mass is 16.5. The maximum absolute atomic E-state index is 11.9. The van der Waals surface area contributed by atoms with Crippen LogP contribution in [0.15, 0.2) is 23.3 Å². The lowest BCUT2D eigenvalue weighted by atomic mass is 9.65. The number of nitrogens with one attached hydrogen (secondary N) is 1. The van der Waals surface area contributed by atoms with Crippen molar-refractivity contribution in [3.8, 4) is 11.5 Å². The molecule has 30 heavy (non-hydrogen) atoms.